The van der Waals surface area contributed by atoms with Crippen molar-refractivity contribution in [3.63, 3.8) is 0 Å². The average Bonchev–Trinajstić information content (AvgIpc) is 2.82. The van der Waals surface area contributed by atoms with Gasteiger partial charge in [-0.05, 0) is 31.6 Å². The van der Waals surface area contributed by atoms with Crippen LogP contribution < -0.4 is 11.1 Å². The van der Waals surface area contributed by atoms with Gasteiger partial charge in [0.15, 0.2) is 5.96 Å². The van der Waals surface area contributed by atoms with Gasteiger partial charge in [-0.25, -0.2) is 0 Å². The van der Waals surface area contributed by atoms with Crippen LogP contribution in [0.5, 0.6) is 0 Å². The molecule has 0 spiro atoms. The van der Waals surface area contributed by atoms with Crippen LogP contribution in [0.1, 0.15) is 33.1 Å². The van der Waals surface area contributed by atoms with Gasteiger partial charge in [-0.2, -0.15) is 0 Å². The molecule has 1 fully saturated rings. The molecule has 0 atom stereocenters. The SMILES string of the molecule is CCNC(N)=NCC1(CC)CC1. The van der Waals surface area contributed by atoms with E-state index in [4.69, 9.17) is 5.73 Å². The maximum Gasteiger partial charge on any atom is 0.188 e. The number of nitrogens with one attached hydrogen (secondary N) is 1. The predicted octanol–water partition coefficient (Wildman–Crippen LogP) is 1.10. The lowest BCUT2D eigenvalue weighted by molar-refractivity contribution is 0.505. The summed E-state index contributed by atoms with van der Waals surface area (Å²) in [7, 11) is 0. The minimum Gasteiger partial charge on any atom is -0.370 e. The highest BCUT2D eigenvalue weighted by atomic mass is 15.1. The second-order valence-corrected chi connectivity index (χ2v) is 3.59. The van der Waals surface area contributed by atoms with Gasteiger partial charge < -0.3 is 11.1 Å². The fraction of sp³-hybridized carbons (Fsp3) is 0.889. The zero-order chi connectivity index (χ0) is 9.03. The molecule has 1 saturated carbocycles. The van der Waals surface area contributed by atoms with Gasteiger partial charge in [0.05, 0.1) is 0 Å². The van der Waals surface area contributed by atoms with Gasteiger partial charge in [0.1, 0.15) is 0 Å². The van der Waals surface area contributed by atoms with E-state index in [1.54, 1.807) is 0 Å². The highest BCUT2D eigenvalue weighted by molar-refractivity contribution is 5.77. The van der Waals surface area contributed by atoms with Crippen molar-refractivity contribution in [3.8, 4) is 0 Å². The van der Waals surface area contributed by atoms with E-state index in [-0.39, 0.29) is 0 Å². The lowest BCUT2D eigenvalue weighted by atomic mass is 10.1. The van der Waals surface area contributed by atoms with E-state index >= 15 is 0 Å². The van der Waals surface area contributed by atoms with Crippen LogP contribution in [0.2, 0.25) is 0 Å². The average molecular weight is 169 g/mol. The van der Waals surface area contributed by atoms with Crippen LogP contribution >= 0.6 is 0 Å². The lowest BCUT2D eigenvalue weighted by Crippen LogP contribution is -2.32. The number of nitrogens with zero attached hydrogens (tertiary/aromatic N) is 1. The number of guanidine groups is 1. The van der Waals surface area contributed by atoms with Crippen LogP contribution in [-0.2, 0) is 0 Å². The second kappa shape index (κ2) is 3.78. The molecule has 1 aliphatic rings. The van der Waals surface area contributed by atoms with E-state index < -0.39 is 0 Å². The Bertz CT molecular complexity index is 171. The summed E-state index contributed by atoms with van der Waals surface area (Å²) in [5.74, 6) is 0.595. The second-order valence-electron chi connectivity index (χ2n) is 3.59. The molecular formula is C9H19N3. The molecule has 3 nitrogen and oxygen atoms in total. The van der Waals surface area contributed by atoms with Crippen molar-refractivity contribution in [2.24, 2.45) is 16.1 Å². The predicted molar refractivity (Wildman–Crippen MR) is 52.1 cm³/mol. The first-order valence-electron chi connectivity index (χ1n) is 4.76. The number of nitrogens with two attached hydrogens (primary N) is 1. The van der Waals surface area contributed by atoms with E-state index in [0.29, 0.717) is 11.4 Å². The number of aliphatic imine (C=N–C) groups is 1. The van der Waals surface area contributed by atoms with Gasteiger partial charge in [0.2, 0.25) is 0 Å². The normalized spacial score (nSPS) is 20.7. The zero-order valence-corrected chi connectivity index (χ0v) is 8.06. The summed E-state index contributed by atoms with van der Waals surface area (Å²) in [6.07, 6.45) is 3.88. The first-order valence-corrected chi connectivity index (χ1v) is 4.76. The molecule has 12 heavy (non-hydrogen) atoms. The minimum absolute atomic E-state index is 0.514. The van der Waals surface area contributed by atoms with E-state index in [0.717, 1.165) is 13.1 Å². The summed E-state index contributed by atoms with van der Waals surface area (Å²) in [5.41, 5.74) is 6.13. The Morgan fingerprint density at radius 3 is 2.58 bits per heavy atom. The van der Waals surface area contributed by atoms with Gasteiger partial charge in [-0.15, -0.1) is 0 Å². The molecule has 0 bridgehead atoms. The van der Waals surface area contributed by atoms with E-state index in [9.17, 15) is 0 Å². The first-order chi connectivity index (χ1) is 5.72. The van der Waals surface area contributed by atoms with Crippen molar-refractivity contribution in [1.82, 2.24) is 5.32 Å². The molecule has 1 aliphatic carbocycles. The summed E-state index contributed by atoms with van der Waals surface area (Å²) in [5, 5.41) is 3.00. The Hall–Kier alpha value is -0.730. The van der Waals surface area contributed by atoms with Crippen LogP contribution in [-0.4, -0.2) is 19.0 Å². The third kappa shape index (κ3) is 2.40. The third-order valence-corrected chi connectivity index (χ3v) is 2.65. The van der Waals surface area contributed by atoms with Crippen molar-refractivity contribution in [1.29, 1.82) is 0 Å². The molecule has 0 aliphatic heterocycles. The molecule has 0 unspecified atom stereocenters. The van der Waals surface area contributed by atoms with E-state index in [1.165, 1.54) is 19.3 Å². The van der Waals surface area contributed by atoms with Crippen molar-refractivity contribution in [3.05, 3.63) is 0 Å². The van der Waals surface area contributed by atoms with Crippen molar-refractivity contribution < 1.29 is 0 Å². The fourth-order valence-corrected chi connectivity index (χ4v) is 1.29. The molecule has 3 N–H and O–H groups in total. The van der Waals surface area contributed by atoms with Crippen LogP contribution in [0, 0.1) is 5.41 Å². The summed E-state index contributed by atoms with van der Waals surface area (Å²) < 4.78 is 0. The monoisotopic (exact) mass is 169 g/mol. The minimum atomic E-state index is 0.514. The Kier molecular flexibility index (Phi) is 2.95. The van der Waals surface area contributed by atoms with Crippen LogP contribution in [0.3, 0.4) is 0 Å². The third-order valence-electron chi connectivity index (χ3n) is 2.65. The molecule has 0 aromatic heterocycles. The standard InChI is InChI=1S/C9H19N3/c1-3-9(5-6-9)7-12-8(10)11-4-2/h3-7H2,1-2H3,(H3,10,11,12). The largest absolute Gasteiger partial charge is 0.370 e. The Labute approximate surface area is 74.4 Å². The van der Waals surface area contributed by atoms with Gasteiger partial charge in [-0.1, -0.05) is 6.92 Å². The molecule has 0 radical (unpaired) electrons. The van der Waals surface area contributed by atoms with Crippen molar-refractivity contribution >= 4 is 5.96 Å². The highest BCUT2D eigenvalue weighted by Gasteiger charge is 2.40. The van der Waals surface area contributed by atoms with Crippen molar-refractivity contribution in [2.75, 3.05) is 13.1 Å². The topological polar surface area (TPSA) is 50.4 Å². The lowest BCUT2D eigenvalue weighted by Gasteiger charge is -2.08. The van der Waals surface area contributed by atoms with E-state index in [1.807, 2.05) is 6.92 Å². The number of hydrogen-bond donors (Lipinski definition) is 2. The van der Waals surface area contributed by atoms with Gasteiger partial charge in [0.25, 0.3) is 0 Å². The smallest absolute Gasteiger partial charge is 0.188 e. The fourth-order valence-electron chi connectivity index (χ4n) is 1.29. The van der Waals surface area contributed by atoms with E-state index in [2.05, 4.69) is 17.2 Å². The summed E-state index contributed by atoms with van der Waals surface area (Å²) in [6.45, 7) is 6.01. The maximum absolute atomic E-state index is 5.61. The van der Waals surface area contributed by atoms with Crippen LogP contribution in [0.4, 0.5) is 0 Å². The van der Waals surface area contributed by atoms with Crippen LogP contribution in [0.25, 0.3) is 0 Å². The van der Waals surface area contributed by atoms with Crippen molar-refractivity contribution in [2.45, 2.75) is 33.1 Å². The first kappa shape index (κ1) is 9.36. The summed E-state index contributed by atoms with van der Waals surface area (Å²) >= 11 is 0. The molecule has 0 amide bonds. The molecule has 0 heterocycles. The molecule has 1 rings (SSSR count). The molecule has 0 aromatic carbocycles. The van der Waals surface area contributed by atoms with Gasteiger partial charge >= 0.3 is 0 Å². The number of hydrogen-bond acceptors (Lipinski definition) is 1. The Morgan fingerprint density at radius 2 is 2.17 bits per heavy atom. The quantitative estimate of drug-likeness (QED) is 0.489. The van der Waals surface area contributed by atoms with Gasteiger partial charge in [-0.3, -0.25) is 4.99 Å². The van der Waals surface area contributed by atoms with Crippen LogP contribution in [0.15, 0.2) is 4.99 Å². The summed E-state index contributed by atoms with van der Waals surface area (Å²) in [6, 6.07) is 0. The maximum atomic E-state index is 5.61. The Morgan fingerprint density at radius 1 is 1.50 bits per heavy atom. The summed E-state index contributed by atoms with van der Waals surface area (Å²) in [4.78, 5) is 4.30. The number of rotatable bonds is 4. The highest BCUT2D eigenvalue weighted by Crippen LogP contribution is 2.48. The Balaban J connectivity index is 2.27. The zero-order valence-electron chi connectivity index (χ0n) is 8.06. The molecule has 0 aromatic rings. The molecule has 3 heteroatoms. The molecule has 70 valence electrons. The van der Waals surface area contributed by atoms with Gasteiger partial charge in [0, 0.05) is 13.1 Å². The molecule has 0 saturated heterocycles. The molecular weight excluding hydrogens is 150 g/mol.